The number of likely N-dealkylation sites (N-methyl/N-ethyl adjacent to an activating group) is 1. The average molecular weight is 709 g/mol. The summed E-state index contributed by atoms with van der Waals surface area (Å²) in [5, 5.41) is 9.59. The van der Waals surface area contributed by atoms with E-state index in [0.29, 0.717) is 19.3 Å². The maximum Gasteiger partial charge on any atom is 0.362 e. The normalized spacial score (nSPS) is 13.2. The van der Waals surface area contributed by atoms with E-state index < -0.39 is 18.1 Å². The molecule has 0 saturated carbocycles. The summed E-state index contributed by atoms with van der Waals surface area (Å²) in [7, 11) is 5.50. The van der Waals surface area contributed by atoms with Crippen molar-refractivity contribution < 1.29 is 38.2 Å². The summed E-state index contributed by atoms with van der Waals surface area (Å²) in [4.78, 5) is 36.8. The molecular formula is C42H78NO7+. The van der Waals surface area contributed by atoms with Gasteiger partial charge in [0, 0.05) is 19.3 Å². The number of carbonyl (C=O) groups is 3. The molecule has 0 heterocycles. The van der Waals surface area contributed by atoms with E-state index in [0.717, 1.165) is 32.1 Å². The smallest absolute Gasteiger partial charge is 0.362 e. The Morgan fingerprint density at radius 3 is 1.62 bits per heavy atom. The van der Waals surface area contributed by atoms with Crippen LogP contribution in [-0.4, -0.2) is 80.6 Å². The molecule has 0 spiro atoms. The molecule has 0 fully saturated rings. The van der Waals surface area contributed by atoms with E-state index in [1.165, 1.54) is 103 Å². The van der Waals surface area contributed by atoms with Gasteiger partial charge in [-0.3, -0.25) is 9.59 Å². The second-order valence-corrected chi connectivity index (χ2v) is 14.9. The fraction of sp³-hybridized carbons (Fsp3) is 0.833. The van der Waals surface area contributed by atoms with E-state index >= 15 is 0 Å². The third kappa shape index (κ3) is 31.8. The Balaban J connectivity index is 4.46. The SMILES string of the molecule is CCCCCCCC/C=C/C/C=C/CCC(=O)OC(COCCC(C(=O)O)[N+](C)(C)C)COC(=O)CCCCCCCCCCCCCCC. The van der Waals surface area contributed by atoms with Crippen LogP contribution in [0.25, 0.3) is 0 Å². The number of hydrogen-bond donors (Lipinski definition) is 1. The van der Waals surface area contributed by atoms with Crippen LogP contribution in [0.15, 0.2) is 24.3 Å². The lowest BCUT2D eigenvalue weighted by atomic mass is 10.0. The van der Waals surface area contributed by atoms with Crippen LogP contribution in [0.2, 0.25) is 0 Å². The second-order valence-electron chi connectivity index (χ2n) is 14.9. The number of nitrogens with zero attached hydrogens (tertiary/aromatic N) is 1. The molecule has 8 heteroatoms. The van der Waals surface area contributed by atoms with E-state index in [9.17, 15) is 19.5 Å². The van der Waals surface area contributed by atoms with E-state index in [-0.39, 0.29) is 42.7 Å². The molecular weight excluding hydrogens is 630 g/mol. The third-order valence-electron chi connectivity index (χ3n) is 9.12. The highest BCUT2D eigenvalue weighted by atomic mass is 16.6. The number of esters is 2. The molecule has 0 aliphatic carbocycles. The molecule has 0 aromatic heterocycles. The van der Waals surface area contributed by atoms with E-state index in [1.807, 2.05) is 27.2 Å². The highest BCUT2D eigenvalue weighted by molar-refractivity contribution is 5.72. The van der Waals surface area contributed by atoms with Crippen LogP contribution in [0.4, 0.5) is 0 Å². The van der Waals surface area contributed by atoms with Crippen molar-refractivity contribution in [3.8, 4) is 0 Å². The molecule has 0 amide bonds. The fourth-order valence-electron chi connectivity index (χ4n) is 5.91. The van der Waals surface area contributed by atoms with Gasteiger partial charge in [-0.2, -0.15) is 0 Å². The maximum atomic E-state index is 12.6. The van der Waals surface area contributed by atoms with Crippen molar-refractivity contribution in [3.63, 3.8) is 0 Å². The van der Waals surface area contributed by atoms with Crippen molar-refractivity contribution in [3.05, 3.63) is 24.3 Å². The van der Waals surface area contributed by atoms with Crippen LogP contribution in [-0.2, 0) is 28.6 Å². The second kappa shape index (κ2) is 33.9. The molecule has 8 nitrogen and oxygen atoms in total. The molecule has 0 saturated heterocycles. The van der Waals surface area contributed by atoms with Gasteiger partial charge >= 0.3 is 17.9 Å². The molecule has 2 unspecified atom stereocenters. The Labute approximate surface area is 307 Å². The highest BCUT2D eigenvalue weighted by Gasteiger charge is 2.31. The molecule has 2 atom stereocenters. The lowest BCUT2D eigenvalue weighted by Gasteiger charge is -2.31. The predicted molar refractivity (Wildman–Crippen MR) is 206 cm³/mol. The van der Waals surface area contributed by atoms with Crippen molar-refractivity contribution in [1.82, 2.24) is 0 Å². The zero-order chi connectivity index (χ0) is 37.1. The summed E-state index contributed by atoms with van der Waals surface area (Å²) in [6.07, 6.45) is 35.2. The first-order valence-electron chi connectivity index (χ1n) is 20.4. The lowest BCUT2D eigenvalue weighted by molar-refractivity contribution is -0.887. The maximum absolute atomic E-state index is 12.6. The van der Waals surface area contributed by atoms with Gasteiger partial charge in [0.15, 0.2) is 12.1 Å². The number of rotatable bonds is 36. The van der Waals surface area contributed by atoms with Gasteiger partial charge in [-0.1, -0.05) is 147 Å². The van der Waals surface area contributed by atoms with Crippen LogP contribution in [0.3, 0.4) is 0 Å². The molecule has 0 aromatic carbocycles. The number of ether oxygens (including phenoxy) is 3. The molecule has 0 aliphatic rings. The third-order valence-corrected chi connectivity index (χ3v) is 9.12. The standard InChI is InChI=1S/C42H77NO7/c1-6-8-10-12-14-16-18-20-22-24-26-28-30-32-40(44)49-37-38(36-48-35-34-39(42(46)47)43(3,4)5)50-41(45)33-31-29-27-25-23-21-19-17-15-13-11-9-7-2/h21,23,27,29,38-39H,6-20,22,24-26,28,30-37H2,1-5H3/p+1/b23-21+,29-27+. The quantitative estimate of drug-likeness (QED) is 0.0299. The van der Waals surface area contributed by atoms with Crippen LogP contribution >= 0.6 is 0 Å². The summed E-state index contributed by atoms with van der Waals surface area (Å²) in [5.74, 6) is -1.55. The molecule has 0 rings (SSSR count). The zero-order valence-corrected chi connectivity index (χ0v) is 33.1. The Bertz CT molecular complexity index is 880. The lowest BCUT2D eigenvalue weighted by Crippen LogP contribution is -2.50. The Kier molecular flexibility index (Phi) is 32.4. The number of carboxylic acid groups (broad SMARTS) is 1. The zero-order valence-electron chi connectivity index (χ0n) is 33.1. The molecule has 1 N–H and O–H groups in total. The predicted octanol–water partition coefficient (Wildman–Crippen LogP) is 10.5. The summed E-state index contributed by atoms with van der Waals surface area (Å²) in [6.45, 7) is 4.66. The van der Waals surface area contributed by atoms with Crippen molar-refractivity contribution in [2.75, 3.05) is 41.0 Å². The molecule has 0 bridgehead atoms. The number of unbranched alkanes of at least 4 members (excludes halogenated alkanes) is 18. The topological polar surface area (TPSA) is 99.1 Å². The van der Waals surface area contributed by atoms with E-state index in [2.05, 4.69) is 32.1 Å². The number of carbonyl (C=O) groups excluding carboxylic acids is 2. The summed E-state index contributed by atoms with van der Waals surface area (Å²) in [5.41, 5.74) is 0. The highest BCUT2D eigenvalue weighted by Crippen LogP contribution is 2.14. The van der Waals surface area contributed by atoms with Gasteiger partial charge in [0.25, 0.3) is 0 Å². The van der Waals surface area contributed by atoms with Gasteiger partial charge in [-0.05, 0) is 32.1 Å². The van der Waals surface area contributed by atoms with E-state index in [4.69, 9.17) is 14.2 Å². The summed E-state index contributed by atoms with van der Waals surface area (Å²) in [6, 6.07) is -0.619. The first-order chi connectivity index (χ1) is 24.1. The summed E-state index contributed by atoms with van der Waals surface area (Å²) >= 11 is 0. The number of aliphatic carboxylic acids is 1. The average Bonchev–Trinajstić information content (AvgIpc) is 3.06. The molecule has 0 radical (unpaired) electrons. The molecule has 0 aliphatic heterocycles. The van der Waals surface area contributed by atoms with Gasteiger partial charge in [-0.15, -0.1) is 0 Å². The Hall–Kier alpha value is -2.19. The largest absolute Gasteiger partial charge is 0.477 e. The molecule has 0 aromatic rings. The van der Waals surface area contributed by atoms with Crippen molar-refractivity contribution >= 4 is 17.9 Å². The number of carboxylic acids is 1. The van der Waals surface area contributed by atoms with Crippen molar-refractivity contribution in [1.29, 1.82) is 0 Å². The van der Waals surface area contributed by atoms with Crippen molar-refractivity contribution in [2.45, 2.75) is 187 Å². The van der Waals surface area contributed by atoms with E-state index in [1.54, 1.807) is 0 Å². The monoisotopic (exact) mass is 709 g/mol. The molecule has 50 heavy (non-hydrogen) atoms. The van der Waals surface area contributed by atoms with Gasteiger partial charge in [0.2, 0.25) is 0 Å². The van der Waals surface area contributed by atoms with Gasteiger partial charge in [0.05, 0.1) is 34.4 Å². The first kappa shape index (κ1) is 47.8. The number of quaternary nitrogens is 1. The minimum atomic E-state index is -0.882. The first-order valence-corrected chi connectivity index (χ1v) is 20.4. The minimum Gasteiger partial charge on any atom is -0.477 e. The van der Waals surface area contributed by atoms with Crippen LogP contribution in [0, 0.1) is 0 Å². The van der Waals surface area contributed by atoms with Crippen LogP contribution in [0.1, 0.15) is 174 Å². The van der Waals surface area contributed by atoms with Crippen molar-refractivity contribution in [2.24, 2.45) is 0 Å². The minimum absolute atomic E-state index is 0.0421. The number of hydrogen-bond acceptors (Lipinski definition) is 6. The van der Waals surface area contributed by atoms with Gasteiger partial charge in [-0.25, -0.2) is 4.79 Å². The van der Waals surface area contributed by atoms with Gasteiger partial charge in [0.1, 0.15) is 6.61 Å². The Morgan fingerprint density at radius 1 is 0.600 bits per heavy atom. The fourth-order valence-corrected chi connectivity index (χ4v) is 5.91. The van der Waals surface area contributed by atoms with Crippen LogP contribution in [0.5, 0.6) is 0 Å². The van der Waals surface area contributed by atoms with Crippen LogP contribution < -0.4 is 0 Å². The Morgan fingerprint density at radius 2 is 1.10 bits per heavy atom. The molecule has 292 valence electrons. The number of allylic oxidation sites excluding steroid dienone is 4. The van der Waals surface area contributed by atoms with Gasteiger partial charge < -0.3 is 23.8 Å². The summed E-state index contributed by atoms with van der Waals surface area (Å²) < 4.78 is 17.2.